The van der Waals surface area contributed by atoms with Crippen LogP contribution in [0.2, 0.25) is 0 Å². The average Bonchev–Trinajstić information content (AvgIpc) is 3.25. The Balaban J connectivity index is 1.55. The first kappa shape index (κ1) is 25.2. The summed E-state index contributed by atoms with van der Waals surface area (Å²) in [6.45, 7) is 0.854. The fourth-order valence-corrected chi connectivity index (χ4v) is 4.62. The minimum Gasteiger partial charge on any atom is -0.493 e. The van der Waals surface area contributed by atoms with Crippen molar-refractivity contribution in [2.24, 2.45) is 0 Å². The van der Waals surface area contributed by atoms with Crippen molar-refractivity contribution in [3.05, 3.63) is 77.4 Å². The summed E-state index contributed by atoms with van der Waals surface area (Å²) >= 11 is 0. The number of methoxy groups -OCH3 is 4. The Hall–Kier alpha value is -3.87. The monoisotopic (exact) mass is 491 g/mol. The molecule has 0 unspecified atom stereocenters. The Kier molecular flexibility index (Phi) is 8.21. The molecule has 190 valence electrons. The van der Waals surface area contributed by atoms with E-state index in [1.54, 1.807) is 28.4 Å². The van der Waals surface area contributed by atoms with Crippen molar-refractivity contribution in [1.82, 2.24) is 4.90 Å². The highest BCUT2D eigenvalue weighted by atomic mass is 16.5. The zero-order chi connectivity index (χ0) is 25.5. The first-order valence-corrected chi connectivity index (χ1v) is 12.0. The molecule has 3 aromatic carbocycles. The van der Waals surface area contributed by atoms with Crippen LogP contribution in [0, 0.1) is 0 Å². The van der Waals surface area contributed by atoms with E-state index < -0.39 is 0 Å². The second-order valence-corrected chi connectivity index (χ2v) is 8.71. The number of ether oxygens (including phenoxy) is 5. The van der Waals surface area contributed by atoms with Gasteiger partial charge in [-0.05, 0) is 53.8 Å². The van der Waals surface area contributed by atoms with Crippen LogP contribution in [0.25, 0.3) is 0 Å². The van der Waals surface area contributed by atoms with Gasteiger partial charge in [0.05, 0.1) is 28.4 Å². The lowest BCUT2D eigenvalue weighted by atomic mass is 10.0. The minimum absolute atomic E-state index is 0.0809. The van der Waals surface area contributed by atoms with Crippen LogP contribution in [-0.4, -0.2) is 45.3 Å². The molecule has 36 heavy (non-hydrogen) atoms. The van der Waals surface area contributed by atoms with Crippen molar-refractivity contribution in [1.29, 1.82) is 0 Å². The van der Waals surface area contributed by atoms with E-state index >= 15 is 0 Å². The number of carbonyl (C=O) groups is 1. The van der Waals surface area contributed by atoms with Gasteiger partial charge in [-0.3, -0.25) is 4.79 Å². The van der Waals surface area contributed by atoms with Gasteiger partial charge in [0.1, 0.15) is 6.61 Å². The van der Waals surface area contributed by atoms with Crippen molar-refractivity contribution >= 4 is 5.91 Å². The summed E-state index contributed by atoms with van der Waals surface area (Å²) in [5, 5.41) is 0. The Bertz CT molecular complexity index is 1180. The van der Waals surface area contributed by atoms with E-state index in [-0.39, 0.29) is 11.9 Å². The average molecular weight is 492 g/mol. The number of benzene rings is 3. The number of rotatable bonds is 11. The molecule has 0 spiro atoms. The third-order valence-corrected chi connectivity index (χ3v) is 6.47. The minimum atomic E-state index is 0.0809. The summed E-state index contributed by atoms with van der Waals surface area (Å²) < 4.78 is 28.1. The van der Waals surface area contributed by atoms with E-state index in [0.717, 1.165) is 29.5 Å². The summed E-state index contributed by atoms with van der Waals surface area (Å²) in [5.74, 6) is 3.20. The predicted octanol–water partition coefficient (Wildman–Crippen LogP) is 5.03. The molecule has 1 amide bonds. The van der Waals surface area contributed by atoms with Crippen LogP contribution >= 0.6 is 0 Å². The highest BCUT2D eigenvalue weighted by molar-refractivity contribution is 5.79. The molecule has 0 aliphatic carbocycles. The largest absolute Gasteiger partial charge is 0.493 e. The second-order valence-electron chi connectivity index (χ2n) is 8.71. The van der Waals surface area contributed by atoms with Gasteiger partial charge in [0.2, 0.25) is 11.7 Å². The number of hydrogen-bond acceptors (Lipinski definition) is 6. The summed E-state index contributed by atoms with van der Waals surface area (Å²) in [4.78, 5) is 14.8. The van der Waals surface area contributed by atoms with Crippen LogP contribution in [0.4, 0.5) is 0 Å². The van der Waals surface area contributed by atoms with Crippen LogP contribution < -0.4 is 23.7 Å². The third kappa shape index (κ3) is 5.67. The SMILES string of the molecule is COc1ccc(C[C@@H]2CCC(=O)N2Cc2cc(OC)c(OC)c(OCc3ccccc3)c2)cc1OC. The molecule has 0 N–H and O–H groups in total. The van der Waals surface area contributed by atoms with Crippen molar-refractivity contribution in [3.63, 3.8) is 0 Å². The van der Waals surface area contributed by atoms with E-state index in [2.05, 4.69) is 0 Å². The molecule has 4 rings (SSSR count). The van der Waals surface area contributed by atoms with Crippen molar-refractivity contribution in [2.75, 3.05) is 28.4 Å². The van der Waals surface area contributed by atoms with Gasteiger partial charge < -0.3 is 28.6 Å². The van der Waals surface area contributed by atoms with E-state index in [1.165, 1.54) is 0 Å². The highest BCUT2D eigenvalue weighted by Crippen LogP contribution is 2.40. The molecule has 0 aromatic heterocycles. The number of amides is 1. The van der Waals surface area contributed by atoms with Crippen LogP contribution in [-0.2, 0) is 24.4 Å². The van der Waals surface area contributed by atoms with E-state index in [9.17, 15) is 4.79 Å². The molecule has 1 heterocycles. The van der Waals surface area contributed by atoms with Gasteiger partial charge in [0.25, 0.3) is 0 Å². The van der Waals surface area contributed by atoms with Crippen molar-refractivity contribution in [3.8, 4) is 28.7 Å². The molecule has 1 atom stereocenters. The van der Waals surface area contributed by atoms with Gasteiger partial charge in [-0.1, -0.05) is 36.4 Å². The summed E-state index contributed by atoms with van der Waals surface area (Å²) in [7, 11) is 6.44. The zero-order valence-corrected chi connectivity index (χ0v) is 21.3. The zero-order valence-electron chi connectivity index (χ0n) is 21.3. The van der Waals surface area contributed by atoms with Gasteiger partial charge in [-0.2, -0.15) is 0 Å². The van der Waals surface area contributed by atoms with Gasteiger partial charge >= 0.3 is 0 Å². The first-order valence-electron chi connectivity index (χ1n) is 12.0. The van der Waals surface area contributed by atoms with Gasteiger partial charge in [-0.25, -0.2) is 0 Å². The predicted molar refractivity (Wildman–Crippen MR) is 137 cm³/mol. The van der Waals surface area contributed by atoms with E-state index in [0.29, 0.717) is 48.3 Å². The molecule has 7 heteroatoms. The quantitative estimate of drug-likeness (QED) is 0.375. The maximum atomic E-state index is 12.9. The molecule has 1 aliphatic heterocycles. The molecular weight excluding hydrogens is 458 g/mol. The molecule has 1 fully saturated rings. The van der Waals surface area contributed by atoms with Crippen LogP contribution in [0.3, 0.4) is 0 Å². The fourth-order valence-electron chi connectivity index (χ4n) is 4.62. The molecule has 1 saturated heterocycles. The first-order chi connectivity index (χ1) is 17.6. The summed E-state index contributed by atoms with van der Waals surface area (Å²) in [6.07, 6.45) is 2.07. The maximum Gasteiger partial charge on any atom is 0.223 e. The van der Waals surface area contributed by atoms with E-state index in [1.807, 2.05) is 65.6 Å². The van der Waals surface area contributed by atoms with Crippen LogP contribution in [0.5, 0.6) is 28.7 Å². The number of nitrogens with zero attached hydrogens (tertiary/aromatic N) is 1. The topological polar surface area (TPSA) is 66.5 Å². The van der Waals surface area contributed by atoms with Crippen molar-refractivity contribution in [2.45, 2.75) is 38.5 Å². The Morgan fingerprint density at radius 1 is 0.750 bits per heavy atom. The normalized spacial score (nSPS) is 15.1. The lowest BCUT2D eigenvalue weighted by Gasteiger charge is -2.26. The van der Waals surface area contributed by atoms with Crippen LogP contribution in [0.15, 0.2) is 60.7 Å². The standard InChI is InChI=1S/C29H33NO6/c1-32-24-12-10-21(15-25(24)33-2)14-23-11-13-28(31)30(23)18-22-16-26(34-3)29(35-4)27(17-22)36-19-20-8-6-5-7-9-20/h5-10,12,15-17,23H,11,13-14,18-19H2,1-4H3/t23-/m0/s1. The molecule has 3 aromatic rings. The summed E-state index contributed by atoms with van der Waals surface area (Å²) in [5.41, 5.74) is 3.06. The van der Waals surface area contributed by atoms with Crippen molar-refractivity contribution < 1.29 is 28.5 Å². The lowest BCUT2D eigenvalue weighted by molar-refractivity contribution is -0.129. The third-order valence-electron chi connectivity index (χ3n) is 6.47. The molecule has 0 bridgehead atoms. The smallest absolute Gasteiger partial charge is 0.223 e. The highest BCUT2D eigenvalue weighted by Gasteiger charge is 2.31. The fraction of sp³-hybridized carbons (Fsp3) is 0.345. The Labute approximate surface area is 212 Å². The molecule has 0 radical (unpaired) electrons. The molecule has 1 aliphatic rings. The number of carbonyl (C=O) groups excluding carboxylic acids is 1. The Morgan fingerprint density at radius 3 is 2.14 bits per heavy atom. The molecule has 7 nitrogen and oxygen atoms in total. The Morgan fingerprint density at radius 2 is 1.44 bits per heavy atom. The summed E-state index contributed by atoms with van der Waals surface area (Å²) in [6, 6.07) is 19.8. The number of likely N-dealkylation sites (tertiary alicyclic amines) is 1. The molecule has 0 saturated carbocycles. The second kappa shape index (κ2) is 11.7. The molecular formula is C29H33NO6. The van der Waals surface area contributed by atoms with Gasteiger partial charge in [0.15, 0.2) is 23.0 Å². The maximum absolute atomic E-state index is 12.9. The van der Waals surface area contributed by atoms with Gasteiger partial charge in [0, 0.05) is 19.0 Å². The van der Waals surface area contributed by atoms with Gasteiger partial charge in [-0.15, -0.1) is 0 Å². The van der Waals surface area contributed by atoms with Crippen LogP contribution in [0.1, 0.15) is 29.5 Å². The number of hydrogen-bond donors (Lipinski definition) is 0. The van der Waals surface area contributed by atoms with E-state index in [4.69, 9.17) is 23.7 Å². The lowest BCUT2D eigenvalue weighted by Crippen LogP contribution is -2.33.